The maximum Gasteiger partial charge on any atom is 0.223 e. The summed E-state index contributed by atoms with van der Waals surface area (Å²) in [7, 11) is 0. The highest BCUT2D eigenvalue weighted by Gasteiger charge is 2.24. The topological polar surface area (TPSA) is 58.1 Å². The van der Waals surface area contributed by atoms with Gasteiger partial charge in [-0.1, -0.05) is 0 Å². The van der Waals surface area contributed by atoms with Crippen LogP contribution in [0.15, 0.2) is 18.5 Å². The Balaban J connectivity index is 1.54. The molecule has 0 aliphatic carbocycles. The Morgan fingerprint density at radius 3 is 3.04 bits per heavy atom. The molecule has 3 rings (SSSR count). The number of rotatable bonds is 5. The van der Waals surface area contributed by atoms with Gasteiger partial charge in [0.05, 0.1) is 0 Å². The first-order valence-electron chi connectivity index (χ1n) is 8.37. The number of hydrogen-bond donors (Lipinski definition) is 1. The standard InChI is InChI=1S/C18H24N4OS/c1-12-4-6-19-17(13(12)2)8-15-5-7-22(10-15)11-16-9-20-18(24-16)21-14(3)23/h4,6,9,15H,5,7-8,10-11H2,1-3H3,(H,20,21,23). The SMILES string of the molecule is CC(=O)Nc1ncc(CN2CCC(Cc3nccc(C)c3C)C2)s1. The molecule has 1 saturated heterocycles. The number of pyridine rings is 1. The van der Waals surface area contributed by atoms with Crippen molar-refractivity contribution in [3.63, 3.8) is 0 Å². The molecule has 1 unspecified atom stereocenters. The van der Waals surface area contributed by atoms with E-state index in [-0.39, 0.29) is 5.91 Å². The fourth-order valence-corrected chi connectivity index (χ4v) is 4.10. The third-order valence-corrected chi connectivity index (χ3v) is 5.54. The molecule has 128 valence electrons. The molecule has 1 N–H and O–H groups in total. The zero-order valence-electron chi connectivity index (χ0n) is 14.5. The predicted molar refractivity (Wildman–Crippen MR) is 97.2 cm³/mol. The monoisotopic (exact) mass is 344 g/mol. The zero-order chi connectivity index (χ0) is 17.1. The molecule has 1 fully saturated rings. The van der Waals surface area contributed by atoms with E-state index in [2.05, 4.69) is 40.1 Å². The van der Waals surface area contributed by atoms with Gasteiger partial charge in [0.2, 0.25) is 5.91 Å². The highest BCUT2D eigenvalue weighted by Crippen LogP contribution is 2.26. The van der Waals surface area contributed by atoms with Crippen molar-refractivity contribution in [1.82, 2.24) is 14.9 Å². The van der Waals surface area contributed by atoms with E-state index in [0.29, 0.717) is 11.0 Å². The highest BCUT2D eigenvalue weighted by molar-refractivity contribution is 7.15. The van der Waals surface area contributed by atoms with Crippen LogP contribution in [0.5, 0.6) is 0 Å². The van der Waals surface area contributed by atoms with E-state index in [1.807, 2.05) is 12.4 Å². The number of amides is 1. The first kappa shape index (κ1) is 17.0. The van der Waals surface area contributed by atoms with Gasteiger partial charge < -0.3 is 5.32 Å². The molecular weight excluding hydrogens is 320 g/mol. The molecule has 6 heteroatoms. The van der Waals surface area contributed by atoms with E-state index in [0.717, 1.165) is 26.1 Å². The van der Waals surface area contributed by atoms with E-state index in [1.54, 1.807) is 11.3 Å². The Kier molecular flexibility index (Phi) is 5.26. The fourth-order valence-electron chi connectivity index (χ4n) is 3.20. The van der Waals surface area contributed by atoms with Crippen LogP contribution in [0.1, 0.15) is 35.0 Å². The summed E-state index contributed by atoms with van der Waals surface area (Å²) in [6.45, 7) is 8.95. The second-order valence-corrected chi connectivity index (χ2v) is 7.72. The Bertz CT molecular complexity index is 728. The van der Waals surface area contributed by atoms with E-state index >= 15 is 0 Å². The number of hydrogen-bond acceptors (Lipinski definition) is 5. The molecule has 1 aliphatic heterocycles. The van der Waals surface area contributed by atoms with E-state index in [1.165, 1.54) is 35.0 Å². The molecule has 2 aromatic heterocycles. The molecule has 1 aliphatic rings. The fraction of sp³-hybridized carbons (Fsp3) is 0.500. The summed E-state index contributed by atoms with van der Waals surface area (Å²) >= 11 is 1.56. The van der Waals surface area contributed by atoms with Crippen LogP contribution in [0.2, 0.25) is 0 Å². The molecule has 3 heterocycles. The molecule has 0 radical (unpaired) electrons. The lowest BCUT2D eigenvalue weighted by Crippen LogP contribution is -2.20. The summed E-state index contributed by atoms with van der Waals surface area (Å²) in [5.41, 5.74) is 3.90. The summed E-state index contributed by atoms with van der Waals surface area (Å²) in [4.78, 5) is 23.6. The van der Waals surface area contributed by atoms with Crippen LogP contribution >= 0.6 is 11.3 Å². The number of nitrogens with zero attached hydrogens (tertiary/aromatic N) is 3. The molecule has 0 aromatic carbocycles. The highest BCUT2D eigenvalue weighted by atomic mass is 32.1. The van der Waals surface area contributed by atoms with Crippen LogP contribution < -0.4 is 5.32 Å². The van der Waals surface area contributed by atoms with Crippen LogP contribution in [-0.4, -0.2) is 33.9 Å². The first-order valence-corrected chi connectivity index (χ1v) is 9.18. The lowest BCUT2D eigenvalue weighted by atomic mass is 9.98. The normalized spacial score (nSPS) is 18.0. The van der Waals surface area contributed by atoms with Gasteiger partial charge in [-0.3, -0.25) is 14.7 Å². The van der Waals surface area contributed by atoms with Gasteiger partial charge >= 0.3 is 0 Å². The number of aryl methyl sites for hydroxylation is 1. The van der Waals surface area contributed by atoms with Crippen molar-refractivity contribution in [2.75, 3.05) is 18.4 Å². The van der Waals surface area contributed by atoms with Crippen molar-refractivity contribution in [1.29, 1.82) is 0 Å². The minimum Gasteiger partial charge on any atom is -0.302 e. The zero-order valence-corrected chi connectivity index (χ0v) is 15.3. The number of aromatic nitrogens is 2. The molecular formula is C18H24N4OS. The van der Waals surface area contributed by atoms with Gasteiger partial charge in [-0.25, -0.2) is 4.98 Å². The Hall–Kier alpha value is -1.79. The largest absolute Gasteiger partial charge is 0.302 e. The van der Waals surface area contributed by atoms with Crippen molar-refractivity contribution < 1.29 is 4.79 Å². The summed E-state index contributed by atoms with van der Waals surface area (Å²) in [6.07, 6.45) is 6.07. The molecule has 0 spiro atoms. The van der Waals surface area contributed by atoms with Gasteiger partial charge in [-0.2, -0.15) is 0 Å². The van der Waals surface area contributed by atoms with Gasteiger partial charge in [-0.15, -0.1) is 11.3 Å². The van der Waals surface area contributed by atoms with Crippen LogP contribution in [-0.2, 0) is 17.8 Å². The van der Waals surface area contributed by atoms with E-state index in [4.69, 9.17) is 0 Å². The van der Waals surface area contributed by atoms with Crippen molar-refractivity contribution in [3.05, 3.63) is 40.2 Å². The first-order chi connectivity index (χ1) is 11.5. The molecule has 0 bridgehead atoms. The molecule has 1 amide bonds. The predicted octanol–water partition coefficient (Wildman–Crippen LogP) is 3.18. The minimum absolute atomic E-state index is 0.0711. The summed E-state index contributed by atoms with van der Waals surface area (Å²) in [5.74, 6) is 0.596. The average molecular weight is 344 g/mol. The van der Waals surface area contributed by atoms with Crippen LogP contribution in [0.3, 0.4) is 0 Å². The Morgan fingerprint density at radius 2 is 2.25 bits per heavy atom. The molecule has 5 nitrogen and oxygen atoms in total. The average Bonchev–Trinajstić information content (AvgIpc) is 3.14. The van der Waals surface area contributed by atoms with Gasteiger partial charge in [-0.05, 0) is 56.3 Å². The van der Waals surface area contributed by atoms with Crippen molar-refractivity contribution >= 4 is 22.4 Å². The number of carbonyl (C=O) groups excluding carboxylic acids is 1. The van der Waals surface area contributed by atoms with Crippen molar-refractivity contribution in [3.8, 4) is 0 Å². The second-order valence-electron chi connectivity index (χ2n) is 6.61. The smallest absolute Gasteiger partial charge is 0.223 e. The van der Waals surface area contributed by atoms with Gasteiger partial charge in [0.1, 0.15) is 0 Å². The molecule has 1 atom stereocenters. The lowest BCUT2D eigenvalue weighted by Gasteiger charge is -2.15. The third kappa shape index (κ3) is 4.19. The van der Waals surface area contributed by atoms with E-state index in [9.17, 15) is 4.79 Å². The molecule has 2 aromatic rings. The van der Waals surface area contributed by atoms with Gasteiger partial charge in [0.25, 0.3) is 0 Å². The number of carbonyl (C=O) groups is 1. The molecule has 0 saturated carbocycles. The van der Waals surface area contributed by atoms with Crippen LogP contribution in [0.4, 0.5) is 5.13 Å². The second kappa shape index (κ2) is 7.40. The maximum atomic E-state index is 11.1. The maximum absolute atomic E-state index is 11.1. The van der Waals surface area contributed by atoms with E-state index < -0.39 is 0 Å². The molecule has 24 heavy (non-hydrogen) atoms. The number of thiazole rings is 1. The quantitative estimate of drug-likeness (QED) is 0.905. The minimum atomic E-state index is -0.0711. The Morgan fingerprint density at radius 1 is 1.42 bits per heavy atom. The summed E-state index contributed by atoms with van der Waals surface area (Å²) in [5, 5.41) is 3.43. The van der Waals surface area contributed by atoms with Gasteiger partial charge in [0.15, 0.2) is 5.13 Å². The van der Waals surface area contributed by atoms with Gasteiger partial charge in [0, 0.05) is 43.0 Å². The Labute approximate surface area is 147 Å². The number of nitrogens with one attached hydrogen (secondary N) is 1. The number of anilines is 1. The lowest BCUT2D eigenvalue weighted by molar-refractivity contribution is -0.114. The summed E-state index contributed by atoms with van der Waals surface area (Å²) in [6, 6.07) is 2.08. The van der Waals surface area contributed by atoms with Crippen LogP contribution in [0, 0.1) is 19.8 Å². The van der Waals surface area contributed by atoms with Crippen molar-refractivity contribution in [2.45, 2.75) is 40.2 Å². The third-order valence-electron chi connectivity index (χ3n) is 4.65. The summed E-state index contributed by atoms with van der Waals surface area (Å²) < 4.78 is 0. The van der Waals surface area contributed by atoms with Crippen molar-refractivity contribution in [2.24, 2.45) is 5.92 Å². The van der Waals surface area contributed by atoms with Crippen LogP contribution in [0.25, 0.3) is 0 Å². The number of likely N-dealkylation sites (tertiary alicyclic amines) is 1.